The van der Waals surface area contributed by atoms with E-state index in [0.717, 1.165) is 12.0 Å². The lowest BCUT2D eigenvalue weighted by atomic mass is 10.1. The number of rotatable bonds is 6. The summed E-state index contributed by atoms with van der Waals surface area (Å²) in [5, 5.41) is 18.8. The molecule has 1 heterocycles. The Morgan fingerprint density at radius 2 is 2.05 bits per heavy atom. The van der Waals surface area contributed by atoms with Gasteiger partial charge in [0.1, 0.15) is 5.69 Å². The molecule has 0 amide bonds. The highest BCUT2D eigenvalue weighted by molar-refractivity contribution is 5.60. The minimum atomic E-state index is -0.367. The van der Waals surface area contributed by atoms with Crippen molar-refractivity contribution in [2.75, 3.05) is 5.32 Å². The Bertz CT molecular complexity index is 622. The minimum absolute atomic E-state index is 0.0309. The van der Waals surface area contributed by atoms with Gasteiger partial charge in [-0.2, -0.15) is 5.10 Å². The fourth-order valence-corrected chi connectivity index (χ4v) is 2.34. The van der Waals surface area contributed by atoms with Gasteiger partial charge in [0.15, 0.2) is 0 Å². The number of nitro groups is 1. The molecule has 1 atom stereocenters. The van der Waals surface area contributed by atoms with Gasteiger partial charge in [-0.05, 0) is 25.8 Å². The highest BCUT2D eigenvalue weighted by atomic mass is 16.6. The van der Waals surface area contributed by atoms with E-state index in [9.17, 15) is 10.1 Å². The summed E-state index contributed by atoms with van der Waals surface area (Å²) in [7, 11) is 0. The van der Waals surface area contributed by atoms with Crippen LogP contribution in [0.2, 0.25) is 0 Å². The Morgan fingerprint density at radius 3 is 2.62 bits per heavy atom. The summed E-state index contributed by atoms with van der Waals surface area (Å²) < 4.78 is 1.69. The highest BCUT2D eigenvalue weighted by Gasteiger charge is 2.26. The third-order valence-corrected chi connectivity index (χ3v) is 3.37. The van der Waals surface area contributed by atoms with E-state index < -0.39 is 0 Å². The van der Waals surface area contributed by atoms with Gasteiger partial charge in [-0.25, -0.2) is 4.68 Å². The average molecular weight is 288 g/mol. The number of nitrogens with zero attached hydrogens (tertiary/aromatic N) is 3. The quantitative estimate of drug-likeness (QED) is 0.650. The largest absolute Gasteiger partial charge is 0.358 e. The molecule has 6 heteroatoms. The maximum absolute atomic E-state index is 11.3. The van der Waals surface area contributed by atoms with Gasteiger partial charge in [0.2, 0.25) is 5.82 Å². The van der Waals surface area contributed by atoms with E-state index in [-0.39, 0.29) is 16.7 Å². The van der Waals surface area contributed by atoms with E-state index in [1.54, 1.807) is 11.6 Å². The molecule has 0 bridgehead atoms. The van der Waals surface area contributed by atoms with Crippen LogP contribution in [0.3, 0.4) is 0 Å². The first-order valence-electron chi connectivity index (χ1n) is 7.07. The molecule has 112 valence electrons. The van der Waals surface area contributed by atoms with Crippen LogP contribution in [0.4, 0.5) is 11.5 Å². The molecule has 0 aliphatic heterocycles. The predicted molar refractivity (Wildman–Crippen MR) is 82.4 cm³/mol. The molecular weight excluding hydrogens is 268 g/mol. The van der Waals surface area contributed by atoms with Crippen molar-refractivity contribution in [1.82, 2.24) is 9.78 Å². The summed E-state index contributed by atoms with van der Waals surface area (Å²) in [6.07, 6.45) is 0.868. The summed E-state index contributed by atoms with van der Waals surface area (Å²) in [6.45, 7) is 6.33. The minimum Gasteiger partial charge on any atom is -0.358 e. The molecule has 2 aromatic rings. The van der Waals surface area contributed by atoms with Crippen molar-refractivity contribution < 1.29 is 4.92 Å². The van der Waals surface area contributed by atoms with E-state index in [4.69, 9.17) is 0 Å². The normalized spacial score (nSPS) is 12.1. The first kappa shape index (κ1) is 15.0. The van der Waals surface area contributed by atoms with Crippen LogP contribution >= 0.6 is 0 Å². The Balaban J connectivity index is 2.35. The van der Waals surface area contributed by atoms with Gasteiger partial charge in [-0.1, -0.05) is 37.3 Å². The SMILES string of the molecule is CCCn1nc(C)c([N+](=O)[O-])c1NC(C)c1ccccc1. The lowest BCUT2D eigenvalue weighted by Gasteiger charge is -2.16. The number of hydrogen-bond donors (Lipinski definition) is 1. The number of anilines is 1. The molecule has 0 saturated heterocycles. The molecule has 0 aliphatic carbocycles. The predicted octanol–water partition coefficient (Wildman–Crippen LogP) is 3.68. The molecule has 0 spiro atoms. The average Bonchev–Trinajstić information content (AvgIpc) is 2.76. The third-order valence-electron chi connectivity index (χ3n) is 3.37. The molecule has 6 nitrogen and oxygen atoms in total. The summed E-state index contributed by atoms with van der Waals surface area (Å²) in [5.41, 5.74) is 1.58. The summed E-state index contributed by atoms with van der Waals surface area (Å²) >= 11 is 0. The Labute approximate surface area is 123 Å². The van der Waals surface area contributed by atoms with Gasteiger partial charge in [0, 0.05) is 6.54 Å². The van der Waals surface area contributed by atoms with Gasteiger partial charge in [-0.3, -0.25) is 10.1 Å². The highest BCUT2D eigenvalue weighted by Crippen LogP contribution is 2.31. The molecule has 1 unspecified atom stereocenters. The molecule has 0 radical (unpaired) electrons. The molecule has 0 saturated carbocycles. The van der Waals surface area contributed by atoms with Crippen LogP contribution in [0.5, 0.6) is 0 Å². The number of aryl methyl sites for hydroxylation is 2. The summed E-state index contributed by atoms with van der Waals surface area (Å²) in [4.78, 5) is 10.9. The van der Waals surface area contributed by atoms with Crippen LogP contribution in [0.15, 0.2) is 30.3 Å². The van der Waals surface area contributed by atoms with Gasteiger partial charge in [-0.15, -0.1) is 0 Å². The van der Waals surface area contributed by atoms with Crippen LogP contribution in [0.1, 0.15) is 37.6 Å². The number of aromatic nitrogens is 2. The van der Waals surface area contributed by atoms with E-state index in [2.05, 4.69) is 10.4 Å². The first-order valence-corrected chi connectivity index (χ1v) is 7.07. The fraction of sp³-hybridized carbons (Fsp3) is 0.400. The van der Waals surface area contributed by atoms with Crippen LogP contribution in [0.25, 0.3) is 0 Å². The molecule has 2 rings (SSSR count). The zero-order valence-corrected chi connectivity index (χ0v) is 12.5. The number of hydrogen-bond acceptors (Lipinski definition) is 4. The lowest BCUT2D eigenvalue weighted by molar-refractivity contribution is -0.384. The van der Waals surface area contributed by atoms with Crippen LogP contribution in [-0.2, 0) is 6.54 Å². The van der Waals surface area contributed by atoms with E-state index in [0.29, 0.717) is 18.1 Å². The molecule has 0 aliphatic rings. The van der Waals surface area contributed by atoms with Gasteiger partial charge in [0.25, 0.3) is 0 Å². The molecule has 0 fully saturated rings. The van der Waals surface area contributed by atoms with Crippen LogP contribution in [0, 0.1) is 17.0 Å². The summed E-state index contributed by atoms with van der Waals surface area (Å²) in [6, 6.07) is 9.82. The number of benzene rings is 1. The van der Waals surface area contributed by atoms with Crippen molar-refractivity contribution >= 4 is 11.5 Å². The van der Waals surface area contributed by atoms with Crippen LogP contribution in [-0.4, -0.2) is 14.7 Å². The van der Waals surface area contributed by atoms with E-state index >= 15 is 0 Å². The second-order valence-corrected chi connectivity index (χ2v) is 5.04. The van der Waals surface area contributed by atoms with Crippen molar-refractivity contribution in [2.45, 2.75) is 39.8 Å². The van der Waals surface area contributed by atoms with Gasteiger partial charge >= 0.3 is 5.69 Å². The Kier molecular flexibility index (Phi) is 4.57. The molecule has 1 aromatic heterocycles. The Morgan fingerprint density at radius 1 is 1.38 bits per heavy atom. The van der Waals surface area contributed by atoms with E-state index in [1.807, 2.05) is 44.2 Å². The maximum Gasteiger partial charge on any atom is 0.333 e. The molecule has 1 aromatic carbocycles. The van der Waals surface area contributed by atoms with Gasteiger partial charge < -0.3 is 5.32 Å². The van der Waals surface area contributed by atoms with Crippen molar-refractivity contribution in [2.24, 2.45) is 0 Å². The van der Waals surface area contributed by atoms with Crippen molar-refractivity contribution in [3.63, 3.8) is 0 Å². The van der Waals surface area contributed by atoms with E-state index in [1.165, 1.54) is 0 Å². The molecule has 1 N–H and O–H groups in total. The molecule has 21 heavy (non-hydrogen) atoms. The second kappa shape index (κ2) is 6.39. The third kappa shape index (κ3) is 3.21. The lowest BCUT2D eigenvalue weighted by Crippen LogP contribution is -2.13. The van der Waals surface area contributed by atoms with Crippen molar-refractivity contribution in [3.05, 3.63) is 51.7 Å². The smallest absolute Gasteiger partial charge is 0.333 e. The monoisotopic (exact) mass is 288 g/mol. The first-order chi connectivity index (χ1) is 10.0. The Hall–Kier alpha value is -2.37. The zero-order valence-electron chi connectivity index (χ0n) is 12.5. The maximum atomic E-state index is 11.3. The van der Waals surface area contributed by atoms with Crippen LogP contribution < -0.4 is 5.32 Å². The van der Waals surface area contributed by atoms with Crippen molar-refractivity contribution in [3.8, 4) is 0 Å². The summed E-state index contributed by atoms with van der Waals surface area (Å²) in [5.74, 6) is 0.482. The second-order valence-electron chi connectivity index (χ2n) is 5.04. The van der Waals surface area contributed by atoms with Crippen molar-refractivity contribution in [1.29, 1.82) is 0 Å². The zero-order chi connectivity index (χ0) is 15.4. The number of nitrogens with one attached hydrogen (secondary N) is 1. The standard InChI is InChI=1S/C15H20N4O2/c1-4-10-18-15(14(19(20)21)12(3)17-18)16-11(2)13-8-6-5-7-9-13/h5-9,11,16H,4,10H2,1-3H3. The molecular formula is C15H20N4O2. The fourth-order valence-electron chi connectivity index (χ4n) is 2.34. The van der Waals surface area contributed by atoms with Gasteiger partial charge in [0.05, 0.1) is 11.0 Å². The topological polar surface area (TPSA) is 73.0 Å².